The van der Waals surface area contributed by atoms with Crippen molar-refractivity contribution in [3.8, 4) is 0 Å². The Kier molecular flexibility index (Phi) is 4.61. The zero-order valence-electron chi connectivity index (χ0n) is 11.9. The zero-order valence-corrected chi connectivity index (χ0v) is 12.6. The standard InChI is InChI=1S/C15H11ClN2O5/c1-8-5-6-11(10(16)7-8)17-14(19)13-9(15(20)21)3-2-4-12(13)18(22)23/h2-7H,1H3,(H,17,19)(H,20,21). The van der Waals surface area contributed by atoms with E-state index in [1.807, 2.05) is 6.92 Å². The lowest BCUT2D eigenvalue weighted by molar-refractivity contribution is -0.385. The Morgan fingerprint density at radius 2 is 1.96 bits per heavy atom. The lowest BCUT2D eigenvalue weighted by Gasteiger charge is -2.10. The monoisotopic (exact) mass is 334 g/mol. The predicted molar refractivity (Wildman–Crippen MR) is 84.2 cm³/mol. The van der Waals surface area contributed by atoms with Gasteiger partial charge in [0.1, 0.15) is 5.56 Å². The Labute approximate surface area is 135 Å². The molecule has 0 fully saturated rings. The van der Waals surface area contributed by atoms with E-state index in [0.29, 0.717) is 0 Å². The highest BCUT2D eigenvalue weighted by Gasteiger charge is 2.27. The number of nitro benzene ring substituents is 1. The van der Waals surface area contributed by atoms with Crippen LogP contribution in [0.15, 0.2) is 36.4 Å². The summed E-state index contributed by atoms with van der Waals surface area (Å²) in [4.78, 5) is 33.9. The SMILES string of the molecule is Cc1ccc(NC(=O)c2c(C(=O)O)cccc2[N+](=O)[O-])c(Cl)c1. The number of rotatable bonds is 4. The number of carboxylic acid groups (broad SMARTS) is 1. The fraction of sp³-hybridized carbons (Fsp3) is 0.0667. The molecule has 0 heterocycles. The number of anilines is 1. The Morgan fingerprint density at radius 3 is 2.52 bits per heavy atom. The molecule has 7 nitrogen and oxygen atoms in total. The lowest BCUT2D eigenvalue weighted by atomic mass is 10.0. The third-order valence-electron chi connectivity index (χ3n) is 3.07. The summed E-state index contributed by atoms with van der Waals surface area (Å²) in [7, 11) is 0. The van der Waals surface area contributed by atoms with E-state index in [-0.39, 0.29) is 10.7 Å². The number of carbonyl (C=O) groups is 2. The van der Waals surface area contributed by atoms with Gasteiger partial charge in [0.15, 0.2) is 0 Å². The third-order valence-corrected chi connectivity index (χ3v) is 3.38. The molecule has 0 radical (unpaired) electrons. The number of carbonyl (C=O) groups excluding carboxylic acids is 1. The summed E-state index contributed by atoms with van der Waals surface area (Å²) in [6, 6.07) is 8.23. The van der Waals surface area contributed by atoms with Crippen LogP contribution >= 0.6 is 11.6 Å². The molecule has 2 aromatic rings. The molecule has 0 aromatic heterocycles. The maximum absolute atomic E-state index is 12.4. The van der Waals surface area contributed by atoms with Crippen LogP contribution in [0.5, 0.6) is 0 Å². The topological polar surface area (TPSA) is 110 Å². The molecule has 2 aromatic carbocycles. The van der Waals surface area contributed by atoms with Gasteiger partial charge >= 0.3 is 5.97 Å². The summed E-state index contributed by atoms with van der Waals surface area (Å²) in [6.45, 7) is 1.81. The predicted octanol–water partition coefficient (Wildman–Crippen LogP) is 3.51. The van der Waals surface area contributed by atoms with Gasteiger partial charge in [0, 0.05) is 6.07 Å². The molecule has 2 N–H and O–H groups in total. The number of halogens is 1. The molecule has 0 aliphatic heterocycles. The van der Waals surface area contributed by atoms with Crippen LogP contribution < -0.4 is 5.32 Å². The molecule has 2 rings (SSSR count). The number of benzene rings is 2. The maximum atomic E-state index is 12.4. The van der Waals surface area contributed by atoms with Crippen LogP contribution in [0.2, 0.25) is 5.02 Å². The van der Waals surface area contributed by atoms with E-state index in [1.54, 1.807) is 12.1 Å². The molecule has 0 bridgehead atoms. The molecule has 0 atom stereocenters. The molecule has 118 valence electrons. The van der Waals surface area contributed by atoms with E-state index in [9.17, 15) is 19.7 Å². The number of aromatic carboxylic acids is 1. The van der Waals surface area contributed by atoms with E-state index in [4.69, 9.17) is 16.7 Å². The number of amides is 1. The number of nitrogens with one attached hydrogen (secondary N) is 1. The van der Waals surface area contributed by atoms with Gasteiger partial charge in [0.25, 0.3) is 11.6 Å². The molecule has 0 spiro atoms. The summed E-state index contributed by atoms with van der Waals surface area (Å²) < 4.78 is 0. The summed E-state index contributed by atoms with van der Waals surface area (Å²) in [6.07, 6.45) is 0. The number of hydrogen-bond acceptors (Lipinski definition) is 4. The molecule has 0 unspecified atom stereocenters. The number of hydrogen-bond donors (Lipinski definition) is 2. The highest BCUT2D eigenvalue weighted by molar-refractivity contribution is 6.34. The van der Waals surface area contributed by atoms with Crippen LogP contribution in [-0.4, -0.2) is 21.9 Å². The molecular formula is C15H11ClN2O5. The fourth-order valence-electron chi connectivity index (χ4n) is 2.02. The van der Waals surface area contributed by atoms with Crippen molar-refractivity contribution < 1.29 is 19.6 Å². The second kappa shape index (κ2) is 6.45. The molecular weight excluding hydrogens is 324 g/mol. The Hall–Kier alpha value is -2.93. The highest BCUT2D eigenvalue weighted by Crippen LogP contribution is 2.27. The number of carboxylic acids is 1. The van der Waals surface area contributed by atoms with Crippen molar-refractivity contribution in [3.63, 3.8) is 0 Å². The van der Waals surface area contributed by atoms with E-state index < -0.39 is 33.6 Å². The lowest BCUT2D eigenvalue weighted by Crippen LogP contribution is -2.18. The van der Waals surface area contributed by atoms with E-state index in [0.717, 1.165) is 17.7 Å². The smallest absolute Gasteiger partial charge is 0.336 e. The Morgan fingerprint density at radius 1 is 1.26 bits per heavy atom. The average molecular weight is 335 g/mol. The zero-order chi connectivity index (χ0) is 17.1. The first kappa shape index (κ1) is 16.4. The first-order chi connectivity index (χ1) is 10.8. The van der Waals surface area contributed by atoms with Gasteiger partial charge in [-0.1, -0.05) is 23.7 Å². The summed E-state index contributed by atoms with van der Waals surface area (Å²) in [5.41, 5.74) is -0.478. The van der Waals surface area contributed by atoms with Crippen molar-refractivity contribution in [2.75, 3.05) is 5.32 Å². The van der Waals surface area contributed by atoms with Gasteiger partial charge in [-0.2, -0.15) is 0 Å². The molecule has 0 aliphatic rings. The summed E-state index contributed by atoms with van der Waals surface area (Å²) in [5.74, 6) is -2.35. The van der Waals surface area contributed by atoms with Crippen molar-refractivity contribution in [1.29, 1.82) is 0 Å². The molecule has 23 heavy (non-hydrogen) atoms. The van der Waals surface area contributed by atoms with Crippen LogP contribution in [0.4, 0.5) is 11.4 Å². The van der Waals surface area contributed by atoms with Gasteiger partial charge in [-0.25, -0.2) is 4.79 Å². The van der Waals surface area contributed by atoms with Gasteiger partial charge in [-0.05, 0) is 30.7 Å². The quantitative estimate of drug-likeness (QED) is 0.656. The molecule has 0 aliphatic carbocycles. The summed E-state index contributed by atoms with van der Waals surface area (Å²) >= 11 is 6.00. The molecule has 0 saturated carbocycles. The minimum atomic E-state index is -1.44. The van der Waals surface area contributed by atoms with Gasteiger partial charge in [-0.3, -0.25) is 14.9 Å². The Bertz CT molecular complexity index is 787. The molecule has 0 saturated heterocycles. The number of nitro groups is 1. The van der Waals surface area contributed by atoms with Crippen molar-refractivity contribution in [2.24, 2.45) is 0 Å². The second-order valence-electron chi connectivity index (χ2n) is 4.70. The van der Waals surface area contributed by atoms with E-state index in [2.05, 4.69) is 5.32 Å². The fourth-order valence-corrected chi connectivity index (χ4v) is 2.30. The summed E-state index contributed by atoms with van der Waals surface area (Å²) in [5, 5.41) is 22.9. The average Bonchev–Trinajstić information content (AvgIpc) is 2.49. The Balaban J connectivity index is 2.50. The molecule has 1 amide bonds. The third kappa shape index (κ3) is 3.46. The van der Waals surface area contributed by atoms with Gasteiger partial charge in [0.05, 0.1) is 21.2 Å². The van der Waals surface area contributed by atoms with Crippen molar-refractivity contribution in [3.05, 3.63) is 68.2 Å². The molecule has 8 heteroatoms. The maximum Gasteiger partial charge on any atom is 0.336 e. The van der Waals surface area contributed by atoms with Crippen LogP contribution in [0, 0.1) is 17.0 Å². The highest BCUT2D eigenvalue weighted by atomic mass is 35.5. The minimum absolute atomic E-state index is 0.233. The van der Waals surface area contributed by atoms with Crippen LogP contribution in [0.25, 0.3) is 0 Å². The second-order valence-corrected chi connectivity index (χ2v) is 5.11. The van der Waals surface area contributed by atoms with Crippen LogP contribution in [0.3, 0.4) is 0 Å². The normalized spacial score (nSPS) is 10.2. The van der Waals surface area contributed by atoms with Crippen molar-refractivity contribution in [1.82, 2.24) is 0 Å². The first-order valence-corrected chi connectivity index (χ1v) is 6.77. The minimum Gasteiger partial charge on any atom is -0.478 e. The van der Waals surface area contributed by atoms with E-state index >= 15 is 0 Å². The number of aryl methyl sites for hydroxylation is 1. The van der Waals surface area contributed by atoms with E-state index in [1.165, 1.54) is 12.1 Å². The number of nitrogens with zero attached hydrogens (tertiary/aromatic N) is 1. The van der Waals surface area contributed by atoms with Crippen molar-refractivity contribution in [2.45, 2.75) is 6.92 Å². The van der Waals surface area contributed by atoms with Gasteiger partial charge in [0.2, 0.25) is 0 Å². The van der Waals surface area contributed by atoms with Crippen molar-refractivity contribution >= 4 is 34.9 Å². The van der Waals surface area contributed by atoms with Gasteiger partial charge < -0.3 is 10.4 Å². The van der Waals surface area contributed by atoms with Crippen LogP contribution in [0.1, 0.15) is 26.3 Å². The first-order valence-electron chi connectivity index (χ1n) is 6.39. The largest absolute Gasteiger partial charge is 0.478 e. The van der Waals surface area contributed by atoms with Crippen LogP contribution in [-0.2, 0) is 0 Å². The van der Waals surface area contributed by atoms with Gasteiger partial charge in [-0.15, -0.1) is 0 Å².